The number of nitrogens with one attached hydrogen (secondary N) is 1. The van der Waals surface area contributed by atoms with Gasteiger partial charge in [0.1, 0.15) is 5.75 Å². The van der Waals surface area contributed by atoms with Gasteiger partial charge in [0.2, 0.25) is 0 Å². The molecule has 0 spiro atoms. The normalized spacial score (nSPS) is 22.3. The predicted octanol–water partition coefficient (Wildman–Crippen LogP) is 3.14. The lowest BCUT2D eigenvalue weighted by Gasteiger charge is -2.24. The van der Waals surface area contributed by atoms with Gasteiger partial charge in [0.05, 0.1) is 7.11 Å². The van der Waals surface area contributed by atoms with Gasteiger partial charge in [0.25, 0.3) is 0 Å². The quantitative estimate of drug-likeness (QED) is 0.914. The summed E-state index contributed by atoms with van der Waals surface area (Å²) in [6, 6.07) is 7.36. The van der Waals surface area contributed by atoms with E-state index in [1.54, 1.807) is 7.11 Å². The maximum Gasteiger partial charge on any atom is 0.123 e. The van der Waals surface area contributed by atoms with Crippen LogP contribution in [0.5, 0.6) is 5.75 Å². The Morgan fingerprint density at radius 2 is 2.10 bits per heavy atom. The molecule has 1 saturated heterocycles. The summed E-state index contributed by atoms with van der Waals surface area (Å²) in [5.41, 5.74) is 2.56. The van der Waals surface area contributed by atoms with Gasteiger partial charge >= 0.3 is 0 Å². The molecule has 0 amide bonds. The number of aryl methyl sites for hydroxylation is 1. The van der Waals surface area contributed by atoms with Crippen molar-refractivity contribution in [1.29, 1.82) is 0 Å². The minimum atomic E-state index is 0.332. The molecule has 1 fully saturated rings. The second-order valence-electron chi connectivity index (χ2n) is 6.06. The first kappa shape index (κ1) is 15.3. The van der Waals surface area contributed by atoms with Crippen molar-refractivity contribution < 1.29 is 4.74 Å². The van der Waals surface area contributed by atoms with Crippen LogP contribution < -0.4 is 10.1 Å². The average Bonchev–Trinajstić information content (AvgIpc) is 2.63. The van der Waals surface area contributed by atoms with Gasteiger partial charge in [0.15, 0.2) is 0 Å². The summed E-state index contributed by atoms with van der Waals surface area (Å²) >= 11 is 0. The molecule has 2 atom stereocenters. The van der Waals surface area contributed by atoms with Gasteiger partial charge in [0, 0.05) is 17.6 Å². The van der Waals surface area contributed by atoms with Crippen LogP contribution in [-0.4, -0.2) is 38.2 Å². The van der Waals surface area contributed by atoms with E-state index in [0.29, 0.717) is 12.1 Å². The number of methoxy groups -OCH3 is 1. The van der Waals surface area contributed by atoms with E-state index < -0.39 is 0 Å². The zero-order valence-electron chi connectivity index (χ0n) is 13.3. The molecule has 1 aromatic rings. The van der Waals surface area contributed by atoms with Gasteiger partial charge in [-0.3, -0.25) is 0 Å². The lowest BCUT2D eigenvalue weighted by atomic mass is 10.0. The minimum Gasteiger partial charge on any atom is -0.496 e. The molecule has 1 N–H and O–H groups in total. The van der Waals surface area contributed by atoms with E-state index in [4.69, 9.17) is 4.74 Å². The van der Waals surface area contributed by atoms with Crippen LogP contribution in [0.2, 0.25) is 0 Å². The summed E-state index contributed by atoms with van der Waals surface area (Å²) in [7, 11) is 3.97. The number of nitrogens with zero attached hydrogens (tertiary/aromatic N) is 1. The first-order chi connectivity index (χ1) is 9.60. The van der Waals surface area contributed by atoms with Gasteiger partial charge in [-0.2, -0.15) is 0 Å². The highest BCUT2D eigenvalue weighted by Crippen LogP contribution is 2.27. The number of ether oxygens (including phenoxy) is 1. The molecule has 1 aliphatic heterocycles. The second kappa shape index (κ2) is 7.09. The Balaban J connectivity index is 2.03. The van der Waals surface area contributed by atoms with Crippen molar-refractivity contribution in [3.8, 4) is 5.75 Å². The van der Waals surface area contributed by atoms with Gasteiger partial charge in [-0.15, -0.1) is 0 Å². The van der Waals surface area contributed by atoms with Gasteiger partial charge in [-0.1, -0.05) is 17.7 Å². The topological polar surface area (TPSA) is 24.5 Å². The van der Waals surface area contributed by atoms with E-state index in [2.05, 4.69) is 49.3 Å². The molecule has 3 heteroatoms. The standard InChI is InChI=1S/C17H28N2O/c1-13-7-8-17(20-4)16(12-13)14(2)18-15-6-5-10-19(3)11-9-15/h7-8,12,14-15,18H,5-6,9-11H2,1-4H3. The molecule has 20 heavy (non-hydrogen) atoms. The lowest BCUT2D eigenvalue weighted by Crippen LogP contribution is -2.32. The van der Waals surface area contributed by atoms with Gasteiger partial charge < -0.3 is 15.0 Å². The van der Waals surface area contributed by atoms with Crippen LogP contribution in [0.15, 0.2) is 18.2 Å². The summed E-state index contributed by atoms with van der Waals surface area (Å²) in [6.45, 7) is 6.79. The highest BCUT2D eigenvalue weighted by molar-refractivity contribution is 5.38. The summed E-state index contributed by atoms with van der Waals surface area (Å²) in [6.07, 6.45) is 3.78. The van der Waals surface area contributed by atoms with Crippen LogP contribution in [0.1, 0.15) is 43.4 Å². The Morgan fingerprint density at radius 3 is 2.85 bits per heavy atom. The van der Waals surface area contributed by atoms with Crippen LogP contribution in [0.25, 0.3) is 0 Å². The van der Waals surface area contributed by atoms with Gasteiger partial charge in [-0.05, 0) is 59.3 Å². The number of hydrogen-bond acceptors (Lipinski definition) is 3. The Bertz CT molecular complexity index is 433. The third-order valence-corrected chi connectivity index (χ3v) is 4.29. The Kier molecular flexibility index (Phi) is 5.44. The van der Waals surface area contributed by atoms with E-state index in [-0.39, 0.29) is 0 Å². The molecule has 1 heterocycles. The molecular formula is C17H28N2O. The van der Waals surface area contributed by atoms with Crippen LogP contribution in [0.4, 0.5) is 0 Å². The zero-order chi connectivity index (χ0) is 14.5. The van der Waals surface area contributed by atoms with Crippen molar-refractivity contribution in [3.05, 3.63) is 29.3 Å². The molecule has 2 rings (SSSR count). The SMILES string of the molecule is COc1ccc(C)cc1C(C)NC1CCCN(C)CC1. The fraction of sp³-hybridized carbons (Fsp3) is 0.647. The van der Waals surface area contributed by atoms with Crippen molar-refractivity contribution >= 4 is 0 Å². The summed E-state index contributed by atoms with van der Waals surface area (Å²) in [4.78, 5) is 2.43. The van der Waals surface area contributed by atoms with Crippen molar-refractivity contribution in [2.24, 2.45) is 0 Å². The third-order valence-electron chi connectivity index (χ3n) is 4.29. The molecule has 0 saturated carbocycles. The number of hydrogen-bond donors (Lipinski definition) is 1. The first-order valence-corrected chi connectivity index (χ1v) is 7.69. The molecular weight excluding hydrogens is 248 g/mol. The fourth-order valence-corrected chi connectivity index (χ4v) is 3.04. The lowest BCUT2D eigenvalue weighted by molar-refractivity contribution is 0.339. The average molecular weight is 276 g/mol. The van der Waals surface area contributed by atoms with E-state index >= 15 is 0 Å². The van der Waals surface area contributed by atoms with Crippen molar-refractivity contribution in [2.75, 3.05) is 27.2 Å². The fourth-order valence-electron chi connectivity index (χ4n) is 3.04. The van der Waals surface area contributed by atoms with Crippen molar-refractivity contribution in [3.63, 3.8) is 0 Å². The highest BCUT2D eigenvalue weighted by atomic mass is 16.5. The molecule has 112 valence electrons. The first-order valence-electron chi connectivity index (χ1n) is 7.69. The molecule has 0 radical (unpaired) electrons. The molecule has 0 aliphatic carbocycles. The van der Waals surface area contributed by atoms with Crippen LogP contribution in [0.3, 0.4) is 0 Å². The van der Waals surface area contributed by atoms with Gasteiger partial charge in [-0.25, -0.2) is 0 Å². The maximum atomic E-state index is 5.50. The molecule has 0 aromatic heterocycles. The molecule has 2 unspecified atom stereocenters. The molecule has 1 aliphatic rings. The Labute approximate surface area is 123 Å². The van der Waals surface area contributed by atoms with E-state index in [1.807, 2.05) is 0 Å². The van der Waals surface area contributed by atoms with Crippen LogP contribution in [0, 0.1) is 6.92 Å². The Hall–Kier alpha value is -1.06. The largest absolute Gasteiger partial charge is 0.496 e. The van der Waals surface area contributed by atoms with Crippen molar-refractivity contribution in [2.45, 2.75) is 45.2 Å². The van der Waals surface area contributed by atoms with E-state index in [0.717, 1.165) is 5.75 Å². The molecule has 0 bridgehead atoms. The summed E-state index contributed by atoms with van der Waals surface area (Å²) in [5.74, 6) is 0.987. The molecule has 3 nitrogen and oxygen atoms in total. The number of likely N-dealkylation sites (tertiary alicyclic amines) is 1. The van der Waals surface area contributed by atoms with Crippen molar-refractivity contribution in [1.82, 2.24) is 10.2 Å². The minimum absolute atomic E-state index is 0.332. The number of rotatable bonds is 4. The van der Waals surface area contributed by atoms with Crippen LogP contribution >= 0.6 is 0 Å². The smallest absolute Gasteiger partial charge is 0.123 e. The second-order valence-corrected chi connectivity index (χ2v) is 6.06. The predicted molar refractivity (Wildman–Crippen MR) is 84.4 cm³/mol. The number of benzene rings is 1. The molecule has 1 aromatic carbocycles. The Morgan fingerprint density at radius 1 is 1.30 bits per heavy atom. The highest BCUT2D eigenvalue weighted by Gasteiger charge is 2.19. The van der Waals surface area contributed by atoms with E-state index in [9.17, 15) is 0 Å². The zero-order valence-corrected chi connectivity index (χ0v) is 13.3. The maximum absolute atomic E-state index is 5.50. The summed E-state index contributed by atoms with van der Waals surface area (Å²) < 4.78 is 5.50. The summed E-state index contributed by atoms with van der Waals surface area (Å²) in [5, 5.41) is 3.79. The van der Waals surface area contributed by atoms with E-state index in [1.165, 1.54) is 43.5 Å². The van der Waals surface area contributed by atoms with Crippen LogP contribution in [-0.2, 0) is 0 Å². The monoisotopic (exact) mass is 276 g/mol. The third kappa shape index (κ3) is 3.97.